The predicted octanol–water partition coefficient (Wildman–Crippen LogP) is 1.74. The van der Waals surface area contributed by atoms with E-state index >= 15 is 0 Å². The summed E-state index contributed by atoms with van der Waals surface area (Å²) in [6.07, 6.45) is 0. The summed E-state index contributed by atoms with van der Waals surface area (Å²) in [5.41, 5.74) is -1.23. The molecule has 4 rings (SSSR count). The lowest BCUT2D eigenvalue weighted by Crippen LogP contribution is -2.35. The average Bonchev–Trinajstić information content (AvgIpc) is 3.04. The maximum atomic E-state index is 13.5. The number of hydrogen-bond acceptors (Lipinski definition) is 4. The number of benzene rings is 2. The number of nitrogens with one attached hydrogen (secondary N) is 1. The van der Waals surface area contributed by atoms with Crippen molar-refractivity contribution in [3.05, 3.63) is 53.3 Å². The molecule has 2 aromatic rings. The zero-order chi connectivity index (χ0) is 14.6. The summed E-state index contributed by atoms with van der Waals surface area (Å²) in [5.74, 6) is -0.439. The van der Waals surface area contributed by atoms with Crippen LogP contribution >= 0.6 is 0 Å². The van der Waals surface area contributed by atoms with E-state index in [1.165, 1.54) is 12.1 Å². The molecule has 0 bridgehead atoms. The summed E-state index contributed by atoms with van der Waals surface area (Å²) in [5, 5.41) is 13.5. The molecule has 5 nitrogen and oxygen atoms in total. The number of ether oxygens (including phenoxy) is 2. The van der Waals surface area contributed by atoms with Crippen molar-refractivity contribution in [2.75, 3.05) is 12.1 Å². The van der Waals surface area contributed by atoms with E-state index in [0.29, 0.717) is 17.2 Å². The zero-order valence-corrected chi connectivity index (χ0v) is 10.7. The lowest BCUT2D eigenvalue weighted by Gasteiger charge is -2.22. The van der Waals surface area contributed by atoms with Gasteiger partial charge in [0.2, 0.25) is 6.79 Å². The third kappa shape index (κ3) is 1.50. The fourth-order valence-electron chi connectivity index (χ4n) is 2.74. The minimum absolute atomic E-state index is 0.0139. The SMILES string of the molecule is O=C1Nc2ccc(F)cc2C1(O)c1cccc2c1OCO2. The summed E-state index contributed by atoms with van der Waals surface area (Å²) in [7, 11) is 0. The van der Waals surface area contributed by atoms with Gasteiger partial charge < -0.3 is 19.9 Å². The Morgan fingerprint density at radius 3 is 2.90 bits per heavy atom. The van der Waals surface area contributed by atoms with Crippen LogP contribution in [0, 0.1) is 5.82 Å². The summed E-state index contributed by atoms with van der Waals surface area (Å²) in [6.45, 7) is 0.0139. The molecule has 6 heteroatoms. The second kappa shape index (κ2) is 3.95. The highest BCUT2D eigenvalue weighted by molar-refractivity contribution is 6.07. The molecule has 0 spiro atoms. The number of anilines is 1. The van der Waals surface area contributed by atoms with Gasteiger partial charge >= 0.3 is 0 Å². The van der Waals surface area contributed by atoms with Gasteiger partial charge in [0.25, 0.3) is 5.91 Å². The number of para-hydroxylation sites is 1. The topological polar surface area (TPSA) is 67.8 Å². The largest absolute Gasteiger partial charge is 0.454 e. The van der Waals surface area contributed by atoms with Crippen molar-refractivity contribution in [1.82, 2.24) is 0 Å². The second-order valence-corrected chi connectivity index (χ2v) is 4.89. The Balaban J connectivity index is 1.98. The Bertz CT molecular complexity index is 776. The van der Waals surface area contributed by atoms with Gasteiger partial charge in [0.05, 0.1) is 0 Å². The van der Waals surface area contributed by atoms with Crippen molar-refractivity contribution >= 4 is 11.6 Å². The summed E-state index contributed by atoms with van der Waals surface area (Å²) in [6, 6.07) is 8.66. The smallest absolute Gasteiger partial charge is 0.266 e. The van der Waals surface area contributed by atoms with E-state index in [2.05, 4.69) is 5.32 Å². The maximum Gasteiger partial charge on any atom is 0.266 e. The van der Waals surface area contributed by atoms with Crippen LogP contribution < -0.4 is 14.8 Å². The molecule has 2 N–H and O–H groups in total. The van der Waals surface area contributed by atoms with E-state index in [0.717, 1.165) is 6.07 Å². The maximum absolute atomic E-state index is 13.5. The molecule has 21 heavy (non-hydrogen) atoms. The number of hydrogen-bond donors (Lipinski definition) is 2. The van der Waals surface area contributed by atoms with Crippen LogP contribution in [-0.2, 0) is 10.4 Å². The van der Waals surface area contributed by atoms with Gasteiger partial charge in [-0.05, 0) is 24.3 Å². The number of aliphatic hydroxyl groups is 1. The van der Waals surface area contributed by atoms with Gasteiger partial charge in [-0.25, -0.2) is 4.39 Å². The zero-order valence-electron chi connectivity index (χ0n) is 10.7. The minimum atomic E-state index is -2.00. The molecule has 2 aliphatic heterocycles. The van der Waals surface area contributed by atoms with Gasteiger partial charge in [-0.2, -0.15) is 0 Å². The molecular formula is C15H10FNO4. The van der Waals surface area contributed by atoms with Gasteiger partial charge in [-0.15, -0.1) is 0 Å². The first-order valence-corrected chi connectivity index (χ1v) is 6.33. The molecule has 0 saturated heterocycles. The number of carbonyl (C=O) groups is 1. The number of amides is 1. The molecule has 106 valence electrons. The van der Waals surface area contributed by atoms with E-state index < -0.39 is 17.3 Å². The normalized spacial score (nSPS) is 22.1. The molecule has 0 aliphatic carbocycles. The molecule has 1 amide bonds. The molecule has 0 radical (unpaired) electrons. The van der Waals surface area contributed by atoms with E-state index in [1.54, 1.807) is 18.2 Å². The quantitative estimate of drug-likeness (QED) is 0.838. The van der Waals surface area contributed by atoms with Crippen molar-refractivity contribution < 1.29 is 23.8 Å². The number of fused-ring (bicyclic) bond motifs is 2. The number of halogens is 1. The molecule has 2 heterocycles. The minimum Gasteiger partial charge on any atom is -0.454 e. The van der Waals surface area contributed by atoms with Crippen LogP contribution in [0.25, 0.3) is 0 Å². The number of carbonyl (C=O) groups excluding carboxylic acids is 1. The third-order valence-corrected chi connectivity index (χ3v) is 3.73. The van der Waals surface area contributed by atoms with Gasteiger partial charge in [-0.1, -0.05) is 12.1 Å². The second-order valence-electron chi connectivity index (χ2n) is 4.89. The fraction of sp³-hybridized carbons (Fsp3) is 0.133. The number of rotatable bonds is 1. The van der Waals surface area contributed by atoms with Crippen molar-refractivity contribution in [1.29, 1.82) is 0 Å². The third-order valence-electron chi connectivity index (χ3n) is 3.73. The lowest BCUT2D eigenvalue weighted by atomic mass is 9.86. The highest BCUT2D eigenvalue weighted by Gasteiger charge is 2.49. The van der Waals surface area contributed by atoms with Crippen LogP contribution in [0.4, 0.5) is 10.1 Å². The molecular weight excluding hydrogens is 277 g/mol. The Morgan fingerprint density at radius 2 is 2.05 bits per heavy atom. The fourth-order valence-corrected chi connectivity index (χ4v) is 2.74. The van der Waals surface area contributed by atoms with Crippen molar-refractivity contribution in [2.45, 2.75) is 5.60 Å². The van der Waals surface area contributed by atoms with Crippen LogP contribution in [0.5, 0.6) is 11.5 Å². The lowest BCUT2D eigenvalue weighted by molar-refractivity contribution is -0.129. The predicted molar refractivity (Wildman–Crippen MR) is 70.6 cm³/mol. The first kappa shape index (κ1) is 12.2. The molecule has 1 atom stereocenters. The first-order chi connectivity index (χ1) is 10.1. The molecule has 2 aromatic carbocycles. The van der Waals surface area contributed by atoms with E-state index in [9.17, 15) is 14.3 Å². The Kier molecular flexibility index (Phi) is 2.29. The van der Waals surface area contributed by atoms with Crippen molar-refractivity contribution in [3.63, 3.8) is 0 Å². The van der Waals surface area contributed by atoms with E-state index in [-0.39, 0.29) is 17.9 Å². The van der Waals surface area contributed by atoms with Crippen LogP contribution in [0.15, 0.2) is 36.4 Å². The van der Waals surface area contributed by atoms with Crippen LogP contribution in [0.2, 0.25) is 0 Å². The van der Waals surface area contributed by atoms with Crippen molar-refractivity contribution in [3.8, 4) is 11.5 Å². The average molecular weight is 287 g/mol. The summed E-state index contributed by atoms with van der Waals surface area (Å²) >= 11 is 0. The molecule has 0 aromatic heterocycles. The van der Waals surface area contributed by atoms with Crippen molar-refractivity contribution in [2.24, 2.45) is 0 Å². The summed E-state index contributed by atoms with van der Waals surface area (Å²) in [4.78, 5) is 12.3. The molecule has 1 unspecified atom stereocenters. The standard InChI is InChI=1S/C15H10FNO4/c16-8-4-5-11-10(6-8)15(19,14(18)17-11)9-2-1-3-12-13(9)21-7-20-12/h1-6,19H,7H2,(H,17,18). The summed E-state index contributed by atoms with van der Waals surface area (Å²) < 4.78 is 24.1. The van der Waals surface area contributed by atoms with E-state index in [1.807, 2.05) is 0 Å². The van der Waals surface area contributed by atoms with Gasteiger partial charge in [-0.3, -0.25) is 4.79 Å². The Labute approximate surface area is 118 Å². The van der Waals surface area contributed by atoms with Gasteiger partial charge in [0.1, 0.15) is 5.82 Å². The Morgan fingerprint density at radius 1 is 1.19 bits per heavy atom. The highest BCUT2D eigenvalue weighted by atomic mass is 19.1. The van der Waals surface area contributed by atoms with Crippen LogP contribution in [0.3, 0.4) is 0 Å². The molecule has 0 fully saturated rings. The molecule has 0 saturated carbocycles. The van der Waals surface area contributed by atoms with Gasteiger partial charge in [0, 0.05) is 16.8 Å². The Hall–Kier alpha value is -2.60. The van der Waals surface area contributed by atoms with Gasteiger partial charge in [0.15, 0.2) is 17.1 Å². The molecule has 2 aliphatic rings. The monoisotopic (exact) mass is 287 g/mol. The highest BCUT2D eigenvalue weighted by Crippen LogP contribution is 2.48. The van der Waals surface area contributed by atoms with Crippen LogP contribution in [0.1, 0.15) is 11.1 Å². The first-order valence-electron chi connectivity index (χ1n) is 6.33. The van der Waals surface area contributed by atoms with E-state index in [4.69, 9.17) is 9.47 Å². The van der Waals surface area contributed by atoms with Crippen LogP contribution in [-0.4, -0.2) is 17.8 Å².